The number of benzene rings is 2. The first-order valence-corrected chi connectivity index (χ1v) is 18.8. The molecule has 5 aliphatic rings. The van der Waals surface area contributed by atoms with Crippen molar-refractivity contribution in [1.29, 1.82) is 0 Å². The number of nitrogens with one attached hydrogen (secondary N) is 2. The Morgan fingerprint density at radius 2 is 1.77 bits per heavy atom. The number of hydrogen-bond donors (Lipinski definition) is 4. The number of nitrogens with zero attached hydrogens (tertiary/aromatic N) is 2. The molecule has 2 fully saturated rings. The minimum absolute atomic E-state index is 0.00340. The van der Waals surface area contributed by atoms with E-state index in [4.69, 9.17) is 23.7 Å². The van der Waals surface area contributed by atoms with E-state index in [0.717, 1.165) is 11.1 Å². The number of phenols is 1. The Labute approximate surface area is 311 Å². The maximum atomic E-state index is 13.9. The van der Waals surface area contributed by atoms with Gasteiger partial charge in [0.25, 0.3) is 0 Å². The van der Waals surface area contributed by atoms with Gasteiger partial charge < -0.3 is 44.5 Å². The number of aliphatic hydroxyl groups is 1. The molecular formula is C37H46N4O11S. The van der Waals surface area contributed by atoms with E-state index < -0.39 is 65.6 Å². The molecule has 0 radical (unpaired) electrons. The standard InChI is InChI=1S/C37H46N4O11S/c1-14(2)26(38-17(5)42)35(45)39-20-12-53-34-25-24(33-32(50-13-51-33)16(4)31(25)52-18(6)43)22(11-49-37(20)47)41-28(34)27-23-19(10-21(36(41)46)40(27)7)9-15(3)30(48-8)29(23)44/h9,14,20-22,26-28,34,36,44,46H,10-13H2,1-8H3,(H,38,42)(H,39,45)/t20?,21-,22+,26?,27+,28?,34-,36+/m1/s1. The highest BCUT2D eigenvalue weighted by molar-refractivity contribution is 7.99. The van der Waals surface area contributed by atoms with E-state index in [2.05, 4.69) is 15.5 Å². The quantitative estimate of drug-likeness (QED) is 0.249. The van der Waals surface area contributed by atoms with Crippen LogP contribution in [0.5, 0.6) is 28.7 Å². The van der Waals surface area contributed by atoms with Crippen LogP contribution in [0.2, 0.25) is 0 Å². The minimum Gasteiger partial charge on any atom is -0.504 e. The molecule has 5 heterocycles. The van der Waals surface area contributed by atoms with E-state index in [-0.39, 0.29) is 42.5 Å². The van der Waals surface area contributed by atoms with Crippen LogP contribution in [0, 0.1) is 19.8 Å². The number of rotatable bonds is 6. The van der Waals surface area contributed by atoms with Crippen LogP contribution in [0.25, 0.3) is 0 Å². The Hall–Kier alpha value is -4.25. The number of esters is 2. The zero-order valence-electron chi connectivity index (χ0n) is 31.0. The third kappa shape index (κ3) is 5.94. The first-order valence-electron chi connectivity index (χ1n) is 17.7. The third-order valence-electron chi connectivity index (χ3n) is 11.1. The second-order valence-electron chi connectivity index (χ2n) is 14.7. The Kier molecular flexibility index (Phi) is 9.70. The van der Waals surface area contributed by atoms with E-state index in [9.17, 15) is 29.4 Å². The van der Waals surface area contributed by atoms with Gasteiger partial charge in [0.15, 0.2) is 23.0 Å². The van der Waals surface area contributed by atoms with Crippen LogP contribution >= 0.6 is 11.8 Å². The average molecular weight is 755 g/mol. The van der Waals surface area contributed by atoms with Crippen molar-refractivity contribution in [3.63, 3.8) is 0 Å². The van der Waals surface area contributed by atoms with Crippen molar-refractivity contribution >= 4 is 35.5 Å². The van der Waals surface area contributed by atoms with Crippen LogP contribution in [0.3, 0.4) is 0 Å². The fraction of sp³-hybridized carbons (Fsp3) is 0.568. The molecule has 0 spiro atoms. The van der Waals surface area contributed by atoms with E-state index in [1.165, 1.54) is 32.7 Å². The van der Waals surface area contributed by atoms with Gasteiger partial charge >= 0.3 is 11.9 Å². The number of carbonyl (C=O) groups excluding carboxylic acids is 4. The zero-order valence-corrected chi connectivity index (χ0v) is 31.8. The molecule has 53 heavy (non-hydrogen) atoms. The molecule has 0 aliphatic carbocycles. The van der Waals surface area contributed by atoms with Gasteiger partial charge in [0, 0.05) is 47.9 Å². The van der Waals surface area contributed by atoms with Gasteiger partial charge in [0.05, 0.1) is 30.5 Å². The molecule has 286 valence electrons. The summed E-state index contributed by atoms with van der Waals surface area (Å²) >= 11 is 1.33. The van der Waals surface area contributed by atoms with Gasteiger partial charge in [-0.15, -0.1) is 11.8 Å². The van der Waals surface area contributed by atoms with Gasteiger partial charge in [-0.25, -0.2) is 4.79 Å². The summed E-state index contributed by atoms with van der Waals surface area (Å²) in [6.07, 6.45) is -0.652. The summed E-state index contributed by atoms with van der Waals surface area (Å²) in [5.74, 6) is -0.994. The summed E-state index contributed by atoms with van der Waals surface area (Å²) in [6.45, 7) is 9.52. The molecule has 15 nitrogen and oxygen atoms in total. The third-order valence-corrected chi connectivity index (χ3v) is 12.5. The van der Waals surface area contributed by atoms with E-state index in [0.29, 0.717) is 45.9 Å². The van der Waals surface area contributed by atoms with E-state index >= 15 is 0 Å². The smallest absolute Gasteiger partial charge is 0.329 e. The Bertz CT molecular complexity index is 1890. The molecule has 0 aromatic heterocycles. The number of aromatic hydroxyl groups is 1. The number of aliphatic hydroxyl groups excluding tert-OH is 1. The second-order valence-corrected chi connectivity index (χ2v) is 15.9. The monoisotopic (exact) mass is 754 g/mol. The van der Waals surface area contributed by atoms with Crippen molar-refractivity contribution in [2.45, 2.75) is 95.7 Å². The van der Waals surface area contributed by atoms with Crippen molar-refractivity contribution < 1.29 is 53.1 Å². The van der Waals surface area contributed by atoms with Gasteiger partial charge in [-0.1, -0.05) is 19.9 Å². The number of carbonyl (C=O) groups is 4. The van der Waals surface area contributed by atoms with Crippen LogP contribution in [0.1, 0.15) is 78.4 Å². The van der Waals surface area contributed by atoms with E-state index in [1.807, 2.05) is 24.9 Å². The van der Waals surface area contributed by atoms with Crippen molar-refractivity contribution in [2.24, 2.45) is 5.92 Å². The second kappa shape index (κ2) is 13.9. The van der Waals surface area contributed by atoms with Crippen LogP contribution in [0.15, 0.2) is 6.07 Å². The lowest BCUT2D eigenvalue weighted by Crippen LogP contribution is -2.69. The van der Waals surface area contributed by atoms with Gasteiger partial charge in [0.1, 0.15) is 30.7 Å². The molecule has 2 aromatic carbocycles. The van der Waals surface area contributed by atoms with Crippen LogP contribution in [-0.4, -0.2) is 107 Å². The van der Waals surface area contributed by atoms with Crippen LogP contribution < -0.4 is 29.6 Å². The van der Waals surface area contributed by atoms with Gasteiger partial charge in [-0.05, 0) is 44.4 Å². The minimum atomic E-state index is -1.13. The fourth-order valence-corrected chi connectivity index (χ4v) is 10.4. The molecule has 5 aliphatic heterocycles. The molecule has 4 bridgehead atoms. The van der Waals surface area contributed by atoms with Crippen molar-refractivity contribution in [2.75, 3.05) is 33.3 Å². The number of aryl methyl sites for hydroxylation is 1. The Morgan fingerprint density at radius 1 is 1.06 bits per heavy atom. The molecule has 4 N–H and O–H groups in total. The number of phenolic OH excluding ortho intramolecular Hbond substituents is 1. The highest BCUT2D eigenvalue weighted by atomic mass is 32.2. The summed E-state index contributed by atoms with van der Waals surface area (Å²) in [5.41, 5.74) is 4.02. The molecule has 8 atom stereocenters. The average Bonchev–Trinajstić information content (AvgIpc) is 3.58. The van der Waals surface area contributed by atoms with Crippen molar-refractivity contribution in [1.82, 2.24) is 20.4 Å². The Morgan fingerprint density at radius 3 is 2.43 bits per heavy atom. The summed E-state index contributed by atoms with van der Waals surface area (Å²) in [6, 6.07) is -2.42. The molecule has 3 unspecified atom stereocenters. The lowest BCUT2D eigenvalue weighted by Gasteiger charge is -2.62. The molecule has 16 heteroatoms. The van der Waals surface area contributed by atoms with Gasteiger partial charge in [-0.2, -0.15) is 0 Å². The molecule has 2 aromatic rings. The summed E-state index contributed by atoms with van der Waals surface area (Å²) in [7, 11) is 3.42. The first-order chi connectivity index (χ1) is 25.2. The topological polar surface area (TPSA) is 185 Å². The number of likely N-dealkylation sites (N-methyl/N-ethyl adjacent to an activating group) is 1. The van der Waals surface area contributed by atoms with E-state index in [1.54, 1.807) is 20.8 Å². The maximum Gasteiger partial charge on any atom is 0.329 e. The van der Waals surface area contributed by atoms with Crippen molar-refractivity contribution in [3.05, 3.63) is 39.4 Å². The zero-order chi connectivity index (χ0) is 38.2. The molecule has 2 amide bonds. The van der Waals surface area contributed by atoms with Crippen molar-refractivity contribution in [3.8, 4) is 28.7 Å². The SMILES string of the molecule is COc1c(C)cc2c(c1O)[C@H]1C3[C@@H]4SCC(NC(=O)C(NC(C)=O)C(C)C)C(=O)OC[C@@H](c5c6c(c(C)c(OC(C)=O)c54)OCO6)N3[C@@H](O)[C@@H](C2)N1C. The highest BCUT2D eigenvalue weighted by Crippen LogP contribution is 2.63. The molecule has 0 saturated carbocycles. The summed E-state index contributed by atoms with van der Waals surface area (Å²) < 4.78 is 29.8. The highest BCUT2D eigenvalue weighted by Gasteiger charge is 2.60. The molecule has 2 saturated heterocycles. The lowest BCUT2D eigenvalue weighted by atomic mass is 9.73. The van der Waals surface area contributed by atoms with Gasteiger partial charge in [0.2, 0.25) is 18.6 Å². The summed E-state index contributed by atoms with van der Waals surface area (Å²) in [5, 5.41) is 29.1. The summed E-state index contributed by atoms with van der Waals surface area (Å²) in [4.78, 5) is 56.2. The number of fused-ring (bicyclic) bond motifs is 9. The predicted molar refractivity (Wildman–Crippen MR) is 191 cm³/mol. The first kappa shape index (κ1) is 37.1. The maximum absolute atomic E-state index is 13.9. The lowest BCUT2D eigenvalue weighted by molar-refractivity contribution is -0.184. The number of piperazine rings is 1. The number of cyclic esters (lactones) is 1. The fourth-order valence-electron chi connectivity index (χ4n) is 8.89. The normalized spacial score (nSPS) is 27.9. The number of methoxy groups -OCH3 is 1. The largest absolute Gasteiger partial charge is 0.504 e. The number of amides is 2. The number of thioether (sulfide) groups is 1. The number of ether oxygens (including phenoxy) is 5. The number of hydrogen-bond acceptors (Lipinski definition) is 14. The molecular weight excluding hydrogens is 708 g/mol. The molecule has 7 rings (SSSR count). The van der Waals surface area contributed by atoms with Gasteiger partial charge in [-0.3, -0.25) is 24.2 Å². The van der Waals surface area contributed by atoms with Crippen LogP contribution in [0.4, 0.5) is 0 Å². The van der Waals surface area contributed by atoms with Crippen LogP contribution in [-0.2, 0) is 30.3 Å². The Balaban J connectivity index is 1.43. The predicted octanol–water partition coefficient (Wildman–Crippen LogP) is 2.30.